The van der Waals surface area contributed by atoms with Gasteiger partial charge < -0.3 is 9.21 Å². The van der Waals surface area contributed by atoms with Gasteiger partial charge in [0.2, 0.25) is 0 Å². The molecule has 0 aliphatic heterocycles. The first kappa shape index (κ1) is 8.05. The number of hydrogen-bond acceptors (Lipinski definition) is 2. The fourth-order valence-electron chi connectivity index (χ4n) is 0.904. The smallest absolute Gasteiger partial charge is 0.126 e. The summed E-state index contributed by atoms with van der Waals surface area (Å²) in [6, 6.07) is 3.71. The number of aldehydes is 1. The van der Waals surface area contributed by atoms with Crippen LogP contribution in [0.5, 0.6) is 0 Å². The van der Waals surface area contributed by atoms with Crippen LogP contribution < -0.4 is 0 Å². The Morgan fingerprint density at radius 2 is 2.36 bits per heavy atom. The van der Waals surface area contributed by atoms with Crippen LogP contribution in [0, 0.1) is 5.41 Å². The topological polar surface area (TPSA) is 30.2 Å². The van der Waals surface area contributed by atoms with Gasteiger partial charge in [0, 0.05) is 11.8 Å². The van der Waals surface area contributed by atoms with Crippen molar-refractivity contribution in [1.82, 2.24) is 0 Å². The van der Waals surface area contributed by atoms with E-state index in [9.17, 15) is 4.79 Å². The van der Waals surface area contributed by atoms with Crippen molar-refractivity contribution in [3.05, 3.63) is 24.2 Å². The van der Waals surface area contributed by atoms with Gasteiger partial charge in [0.25, 0.3) is 0 Å². The number of furan rings is 1. The van der Waals surface area contributed by atoms with Crippen LogP contribution in [0.1, 0.15) is 19.6 Å². The van der Waals surface area contributed by atoms with Crippen molar-refractivity contribution in [2.45, 2.75) is 20.3 Å². The number of hydrogen-bond donors (Lipinski definition) is 0. The first-order chi connectivity index (χ1) is 5.14. The van der Waals surface area contributed by atoms with Crippen LogP contribution in [-0.4, -0.2) is 6.29 Å². The summed E-state index contributed by atoms with van der Waals surface area (Å²) < 4.78 is 5.11. The summed E-state index contributed by atoms with van der Waals surface area (Å²) in [7, 11) is 0. The number of carbonyl (C=O) groups excluding carboxylic acids is 1. The normalized spacial score (nSPS) is 11.5. The van der Waals surface area contributed by atoms with Crippen molar-refractivity contribution in [2.75, 3.05) is 0 Å². The Morgan fingerprint density at radius 3 is 2.82 bits per heavy atom. The van der Waals surface area contributed by atoms with E-state index in [0.717, 1.165) is 12.0 Å². The predicted molar refractivity (Wildman–Crippen MR) is 42.3 cm³/mol. The van der Waals surface area contributed by atoms with E-state index in [-0.39, 0.29) is 5.41 Å². The molecule has 11 heavy (non-hydrogen) atoms. The Balaban J connectivity index is 2.63. The third kappa shape index (κ3) is 2.22. The summed E-state index contributed by atoms with van der Waals surface area (Å²) in [5.74, 6) is 0.863. The van der Waals surface area contributed by atoms with E-state index >= 15 is 0 Å². The van der Waals surface area contributed by atoms with E-state index in [1.807, 2.05) is 26.0 Å². The molecule has 0 unspecified atom stereocenters. The zero-order chi connectivity index (χ0) is 8.32. The molecule has 0 amide bonds. The van der Waals surface area contributed by atoms with E-state index in [1.54, 1.807) is 6.26 Å². The van der Waals surface area contributed by atoms with Crippen molar-refractivity contribution < 1.29 is 9.21 Å². The Bertz CT molecular complexity index is 222. The highest BCUT2D eigenvalue weighted by molar-refractivity contribution is 5.58. The lowest BCUT2D eigenvalue weighted by Gasteiger charge is -2.13. The van der Waals surface area contributed by atoms with E-state index in [0.29, 0.717) is 6.42 Å². The van der Waals surface area contributed by atoms with Gasteiger partial charge in [-0.05, 0) is 12.1 Å². The highest BCUT2D eigenvalue weighted by atomic mass is 16.3. The average molecular weight is 152 g/mol. The van der Waals surface area contributed by atoms with Gasteiger partial charge >= 0.3 is 0 Å². The van der Waals surface area contributed by atoms with Crippen LogP contribution in [0.15, 0.2) is 22.8 Å². The molecule has 0 saturated heterocycles. The lowest BCUT2D eigenvalue weighted by atomic mass is 9.90. The summed E-state index contributed by atoms with van der Waals surface area (Å²) in [5.41, 5.74) is -0.308. The zero-order valence-electron chi connectivity index (χ0n) is 6.83. The molecule has 60 valence electrons. The molecule has 1 rings (SSSR count). The lowest BCUT2D eigenvalue weighted by Crippen LogP contribution is -2.15. The summed E-state index contributed by atoms with van der Waals surface area (Å²) in [5, 5.41) is 0. The van der Waals surface area contributed by atoms with Gasteiger partial charge in [0.15, 0.2) is 0 Å². The summed E-state index contributed by atoms with van der Waals surface area (Å²) in [6.07, 6.45) is 3.25. The van der Waals surface area contributed by atoms with Crippen molar-refractivity contribution in [3.63, 3.8) is 0 Å². The molecular weight excluding hydrogens is 140 g/mol. The van der Waals surface area contributed by atoms with Crippen LogP contribution >= 0.6 is 0 Å². The summed E-state index contributed by atoms with van der Waals surface area (Å²) in [6.45, 7) is 3.78. The molecule has 0 aromatic carbocycles. The van der Waals surface area contributed by atoms with Gasteiger partial charge in [-0.1, -0.05) is 13.8 Å². The minimum atomic E-state index is -0.308. The second-order valence-electron chi connectivity index (χ2n) is 3.36. The zero-order valence-corrected chi connectivity index (χ0v) is 6.83. The van der Waals surface area contributed by atoms with Crippen LogP contribution in [0.4, 0.5) is 0 Å². The van der Waals surface area contributed by atoms with Gasteiger partial charge in [0.05, 0.1) is 6.26 Å². The summed E-state index contributed by atoms with van der Waals surface area (Å²) >= 11 is 0. The molecule has 0 radical (unpaired) electrons. The van der Waals surface area contributed by atoms with Crippen molar-refractivity contribution >= 4 is 6.29 Å². The molecule has 0 N–H and O–H groups in total. The molecule has 0 atom stereocenters. The molecule has 1 aromatic heterocycles. The maximum Gasteiger partial charge on any atom is 0.126 e. The van der Waals surface area contributed by atoms with Gasteiger partial charge in [-0.25, -0.2) is 0 Å². The molecule has 2 heteroatoms. The molecule has 0 fully saturated rings. The molecule has 0 saturated carbocycles. The minimum Gasteiger partial charge on any atom is -0.469 e. The highest BCUT2D eigenvalue weighted by Crippen LogP contribution is 2.18. The van der Waals surface area contributed by atoms with Crippen molar-refractivity contribution in [3.8, 4) is 0 Å². The fraction of sp³-hybridized carbons (Fsp3) is 0.444. The second-order valence-corrected chi connectivity index (χ2v) is 3.36. The first-order valence-electron chi connectivity index (χ1n) is 3.63. The lowest BCUT2D eigenvalue weighted by molar-refractivity contribution is -0.114. The molecule has 0 bridgehead atoms. The van der Waals surface area contributed by atoms with E-state index in [4.69, 9.17) is 4.42 Å². The largest absolute Gasteiger partial charge is 0.469 e. The molecule has 0 aliphatic carbocycles. The van der Waals surface area contributed by atoms with Gasteiger partial charge in [-0.15, -0.1) is 0 Å². The van der Waals surface area contributed by atoms with Gasteiger partial charge in [-0.3, -0.25) is 0 Å². The number of carbonyl (C=O) groups is 1. The highest BCUT2D eigenvalue weighted by Gasteiger charge is 2.18. The minimum absolute atomic E-state index is 0.308. The molecule has 2 nitrogen and oxygen atoms in total. The maximum absolute atomic E-state index is 10.5. The van der Waals surface area contributed by atoms with E-state index in [2.05, 4.69) is 0 Å². The molecule has 1 aromatic rings. The van der Waals surface area contributed by atoms with E-state index in [1.165, 1.54) is 0 Å². The molecule has 0 aliphatic rings. The number of rotatable bonds is 3. The SMILES string of the molecule is CC(C)(C=O)Cc1ccco1. The monoisotopic (exact) mass is 152 g/mol. The third-order valence-corrected chi connectivity index (χ3v) is 1.53. The Kier molecular flexibility index (Phi) is 2.13. The standard InChI is InChI=1S/C9H12O2/c1-9(2,7-10)6-8-4-3-5-11-8/h3-5,7H,6H2,1-2H3. The summed E-state index contributed by atoms with van der Waals surface area (Å²) in [4.78, 5) is 10.5. The molecule has 0 spiro atoms. The Morgan fingerprint density at radius 1 is 1.64 bits per heavy atom. The van der Waals surface area contributed by atoms with Gasteiger partial charge in [-0.2, -0.15) is 0 Å². The average Bonchev–Trinajstić information content (AvgIpc) is 2.39. The first-order valence-corrected chi connectivity index (χ1v) is 3.63. The van der Waals surface area contributed by atoms with Crippen LogP contribution in [0.25, 0.3) is 0 Å². The third-order valence-electron chi connectivity index (χ3n) is 1.53. The fourth-order valence-corrected chi connectivity index (χ4v) is 0.904. The van der Waals surface area contributed by atoms with E-state index < -0.39 is 0 Å². The van der Waals surface area contributed by atoms with Crippen molar-refractivity contribution in [1.29, 1.82) is 0 Å². The van der Waals surface area contributed by atoms with Crippen LogP contribution in [0.3, 0.4) is 0 Å². The Hall–Kier alpha value is -1.05. The molecule has 1 heterocycles. The second kappa shape index (κ2) is 2.91. The van der Waals surface area contributed by atoms with Crippen LogP contribution in [-0.2, 0) is 11.2 Å². The predicted octanol–water partition coefficient (Wildman–Crippen LogP) is 2.05. The van der Waals surface area contributed by atoms with Crippen LogP contribution in [0.2, 0.25) is 0 Å². The van der Waals surface area contributed by atoms with Gasteiger partial charge in [0.1, 0.15) is 12.0 Å². The molecular formula is C9H12O2. The quantitative estimate of drug-likeness (QED) is 0.620. The van der Waals surface area contributed by atoms with Crippen molar-refractivity contribution in [2.24, 2.45) is 5.41 Å². The maximum atomic E-state index is 10.5. The Labute approximate surface area is 66.2 Å².